The Kier molecular flexibility index (Phi) is 2.28. The molecule has 0 radical (unpaired) electrons. The van der Waals surface area contributed by atoms with Gasteiger partial charge in [-0.3, -0.25) is 4.79 Å². The molecule has 0 spiro atoms. The molecule has 1 aliphatic heterocycles. The number of rotatable bonds is 1. The molecule has 4 nitrogen and oxygen atoms in total. The predicted octanol–water partition coefficient (Wildman–Crippen LogP) is 1.67. The summed E-state index contributed by atoms with van der Waals surface area (Å²) in [6.07, 6.45) is -0.859. The first kappa shape index (κ1) is 9.86. The zero-order valence-electron chi connectivity index (χ0n) is 7.61. The van der Waals surface area contributed by atoms with Crippen molar-refractivity contribution in [3.8, 4) is 0 Å². The standard InChI is InChI=1S/C10H8ClNO3/c11-6-3-1-5(2-4-6)9-7(13)8(14)10(12)15-9/h1-4,9,14H,12H2/t9-/m1/s1. The van der Waals surface area contributed by atoms with E-state index in [1.807, 2.05) is 0 Å². The topological polar surface area (TPSA) is 72.5 Å². The van der Waals surface area contributed by atoms with Crippen molar-refractivity contribution >= 4 is 17.4 Å². The largest absolute Gasteiger partial charge is 0.501 e. The minimum absolute atomic E-state index is 0.236. The van der Waals surface area contributed by atoms with Crippen LogP contribution in [0.1, 0.15) is 11.7 Å². The van der Waals surface area contributed by atoms with E-state index in [1.165, 1.54) is 0 Å². The summed E-state index contributed by atoms with van der Waals surface area (Å²) in [6, 6.07) is 6.58. The molecule has 3 N–H and O–H groups in total. The molecule has 0 amide bonds. The molecule has 1 aliphatic rings. The molecule has 15 heavy (non-hydrogen) atoms. The van der Waals surface area contributed by atoms with Crippen molar-refractivity contribution in [3.05, 3.63) is 46.5 Å². The van der Waals surface area contributed by atoms with Crippen LogP contribution in [0.4, 0.5) is 0 Å². The highest BCUT2D eigenvalue weighted by Crippen LogP contribution is 2.30. The zero-order chi connectivity index (χ0) is 11.0. The summed E-state index contributed by atoms with van der Waals surface area (Å²) in [5.74, 6) is -1.29. The molecule has 1 atom stereocenters. The fourth-order valence-corrected chi connectivity index (χ4v) is 1.46. The molecule has 1 aromatic carbocycles. The van der Waals surface area contributed by atoms with Crippen LogP contribution in [-0.2, 0) is 9.53 Å². The molecule has 5 heteroatoms. The van der Waals surface area contributed by atoms with E-state index < -0.39 is 17.6 Å². The molecule has 1 heterocycles. The minimum atomic E-state index is -0.859. The normalized spacial score (nSPS) is 20.6. The third-order valence-electron chi connectivity index (χ3n) is 2.12. The quantitative estimate of drug-likeness (QED) is 0.763. The van der Waals surface area contributed by atoms with Crippen LogP contribution in [0.15, 0.2) is 35.9 Å². The van der Waals surface area contributed by atoms with Gasteiger partial charge in [0.2, 0.25) is 17.4 Å². The number of nitrogens with two attached hydrogens (primary N) is 1. The van der Waals surface area contributed by atoms with E-state index in [2.05, 4.69) is 0 Å². The van der Waals surface area contributed by atoms with E-state index in [0.717, 1.165) is 0 Å². The van der Waals surface area contributed by atoms with E-state index in [0.29, 0.717) is 10.6 Å². The van der Waals surface area contributed by atoms with Crippen molar-refractivity contribution < 1.29 is 14.6 Å². The number of ether oxygens (including phenoxy) is 1. The minimum Gasteiger partial charge on any atom is -0.501 e. The number of ketones is 1. The van der Waals surface area contributed by atoms with Crippen LogP contribution in [0.5, 0.6) is 0 Å². The van der Waals surface area contributed by atoms with Crippen molar-refractivity contribution in [2.45, 2.75) is 6.10 Å². The number of Topliss-reactive ketones (excluding diaryl/α,β-unsaturated/α-hetero) is 1. The molecule has 2 rings (SSSR count). The van der Waals surface area contributed by atoms with Crippen LogP contribution in [0.25, 0.3) is 0 Å². The van der Waals surface area contributed by atoms with Gasteiger partial charge in [0.1, 0.15) is 0 Å². The third kappa shape index (κ3) is 1.64. The molecule has 0 aliphatic carbocycles. The highest BCUT2D eigenvalue weighted by molar-refractivity contribution is 6.30. The lowest BCUT2D eigenvalue weighted by atomic mass is 10.1. The summed E-state index contributed by atoms with van der Waals surface area (Å²) in [6.45, 7) is 0. The Morgan fingerprint density at radius 2 is 1.93 bits per heavy atom. The monoisotopic (exact) mass is 225 g/mol. The Labute approximate surface area is 90.9 Å². The fourth-order valence-electron chi connectivity index (χ4n) is 1.34. The van der Waals surface area contributed by atoms with E-state index in [1.54, 1.807) is 24.3 Å². The first-order valence-corrected chi connectivity index (χ1v) is 4.62. The smallest absolute Gasteiger partial charge is 0.247 e. The molecule has 1 aromatic rings. The van der Waals surface area contributed by atoms with E-state index in [4.69, 9.17) is 22.1 Å². The summed E-state index contributed by atoms with van der Waals surface area (Å²) in [5.41, 5.74) is 5.89. The van der Waals surface area contributed by atoms with Crippen molar-refractivity contribution in [1.29, 1.82) is 0 Å². The average molecular weight is 226 g/mol. The van der Waals surface area contributed by atoms with Gasteiger partial charge in [-0.2, -0.15) is 0 Å². The summed E-state index contributed by atoms with van der Waals surface area (Å²) in [5, 5.41) is 9.77. The van der Waals surface area contributed by atoms with Gasteiger partial charge in [-0.25, -0.2) is 0 Å². The van der Waals surface area contributed by atoms with Crippen LogP contribution in [0.2, 0.25) is 5.02 Å². The molecule has 0 saturated heterocycles. The number of aliphatic hydroxyl groups is 1. The number of hydrogen-bond donors (Lipinski definition) is 2. The molecule has 0 fully saturated rings. The van der Waals surface area contributed by atoms with Gasteiger partial charge < -0.3 is 15.6 Å². The maximum Gasteiger partial charge on any atom is 0.247 e. The van der Waals surface area contributed by atoms with E-state index >= 15 is 0 Å². The van der Waals surface area contributed by atoms with Crippen molar-refractivity contribution in [2.75, 3.05) is 0 Å². The number of benzene rings is 1. The summed E-state index contributed by atoms with van der Waals surface area (Å²) >= 11 is 5.70. The molecule has 78 valence electrons. The Balaban J connectivity index is 2.29. The fraction of sp³-hybridized carbons (Fsp3) is 0.100. The Hall–Kier alpha value is -1.68. The van der Waals surface area contributed by atoms with Crippen LogP contribution < -0.4 is 5.73 Å². The van der Waals surface area contributed by atoms with Gasteiger partial charge in [-0.15, -0.1) is 0 Å². The van der Waals surface area contributed by atoms with Crippen LogP contribution in [0.3, 0.4) is 0 Å². The second kappa shape index (κ2) is 3.47. The highest BCUT2D eigenvalue weighted by Gasteiger charge is 2.35. The number of halogens is 1. The molecular weight excluding hydrogens is 218 g/mol. The Morgan fingerprint density at radius 3 is 2.40 bits per heavy atom. The van der Waals surface area contributed by atoms with Gasteiger partial charge in [0.15, 0.2) is 6.10 Å². The maximum atomic E-state index is 11.5. The summed E-state index contributed by atoms with van der Waals surface area (Å²) in [7, 11) is 0. The maximum absolute atomic E-state index is 11.5. The van der Waals surface area contributed by atoms with Crippen molar-refractivity contribution in [1.82, 2.24) is 0 Å². The number of hydrogen-bond acceptors (Lipinski definition) is 4. The molecule has 0 saturated carbocycles. The van der Waals surface area contributed by atoms with E-state index in [9.17, 15) is 9.90 Å². The van der Waals surface area contributed by atoms with Crippen LogP contribution in [-0.4, -0.2) is 10.9 Å². The first-order valence-electron chi connectivity index (χ1n) is 4.24. The highest BCUT2D eigenvalue weighted by atomic mass is 35.5. The number of carbonyl (C=O) groups is 1. The van der Waals surface area contributed by atoms with Gasteiger partial charge in [0, 0.05) is 10.6 Å². The summed E-state index contributed by atoms with van der Waals surface area (Å²) in [4.78, 5) is 11.5. The van der Waals surface area contributed by atoms with Gasteiger partial charge in [0.25, 0.3) is 0 Å². The van der Waals surface area contributed by atoms with Crippen LogP contribution >= 0.6 is 11.6 Å². The third-order valence-corrected chi connectivity index (χ3v) is 2.37. The molecular formula is C10H8ClNO3. The van der Waals surface area contributed by atoms with Gasteiger partial charge in [-0.1, -0.05) is 23.7 Å². The number of aliphatic hydroxyl groups excluding tert-OH is 1. The second-order valence-electron chi connectivity index (χ2n) is 3.13. The number of carbonyl (C=O) groups excluding carboxylic acids is 1. The van der Waals surface area contributed by atoms with Gasteiger partial charge in [0.05, 0.1) is 0 Å². The molecule has 0 aromatic heterocycles. The van der Waals surface area contributed by atoms with Gasteiger partial charge >= 0.3 is 0 Å². The Bertz CT molecular complexity index is 438. The SMILES string of the molecule is NC1=C(O)C(=O)[C@@H](c2ccc(Cl)cc2)O1. The summed E-state index contributed by atoms with van der Waals surface area (Å²) < 4.78 is 5.03. The first-order chi connectivity index (χ1) is 7.09. The van der Waals surface area contributed by atoms with E-state index in [-0.39, 0.29) is 5.88 Å². The Morgan fingerprint density at radius 1 is 1.33 bits per heavy atom. The van der Waals surface area contributed by atoms with Gasteiger partial charge in [-0.05, 0) is 12.1 Å². The molecule has 0 unspecified atom stereocenters. The lowest BCUT2D eigenvalue weighted by Crippen LogP contribution is -2.09. The average Bonchev–Trinajstić information content (AvgIpc) is 2.47. The second-order valence-corrected chi connectivity index (χ2v) is 3.56. The lowest BCUT2D eigenvalue weighted by molar-refractivity contribution is -0.123. The van der Waals surface area contributed by atoms with Crippen LogP contribution in [0, 0.1) is 0 Å². The van der Waals surface area contributed by atoms with Crippen molar-refractivity contribution in [2.24, 2.45) is 5.73 Å². The molecule has 0 bridgehead atoms. The predicted molar refractivity (Wildman–Crippen MR) is 54.1 cm³/mol. The van der Waals surface area contributed by atoms with Crippen molar-refractivity contribution in [3.63, 3.8) is 0 Å². The zero-order valence-corrected chi connectivity index (χ0v) is 8.36. The lowest BCUT2D eigenvalue weighted by Gasteiger charge is -2.09.